The number of ether oxygens (including phenoxy) is 1. The molecule has 1 rings (SSSR count). The van der Waals surface area contributed by atoms with Crippen LogP contribution >= 0.6 is 0 Å². The Labute approximate surface area is 95.2 Å². The van der Waals surface area contributed by atoms with Gasteiger partial charge in [0.2, 0.25) is 0 Å². The monoisotopic (exact) mass is 223 g/mol. The van der Waals surface area contributed by atoms with Crippen LogP contribution in [0.1, 0.15) is 47.0 Å². The predicted molar refractivity (Wildman–Crippen MR) is 60.7 cm³/mol. The molecule has 0 unspecified atom stereocenters. The first-order valence-corrected chi connectivity index (χ1v) is 5.47. The molecule has 0 aliphatic heterocycles. The van der Waals surface area contributed by atoms with Crippen molar-refractivity contribution in [3.63, 3.8) is 0 Å². The first-order chi connectivity index (χ1) is 7.74. The van der Waals surface area contributed by atoms with Gasteiger partial charge < -0.3 is 9.30 Å². The van der Waals surface area contributed by atoms with Crippen LogP contribution in [0.5, 0.6) is 0 Å². The zero-order valence-electron chi connectivity index (χ0n) is 9.73. The van der Waals surface area contributed by atoms with Gasteiger partial charge in [-0.05, 0) is 12.5 Å². The number of nitrogens with zero attached hydrogens (tertiary/aromatic N) is 1. The molecule has 0 bridgehead atoms. The highest BCUT2D eigenvalue weighted by molar-refractivity contribution is 5.97. The summed E-state index contributed by atoms with van der Waals surface area (Å²) >= 11 is 0. The number of hydrogen-bond acceptors (Lipinski definition) is 3. The van der Waals surface area contributed by atoms with Crippen LogP contribution in [-0.4, -0.2) is 23.9 Å². The number of methoxy groups -OCH3 is 1. The topological polar surface area (TPSA) is 48.3 Å². The minimum atomic E-state index is -0.462. The molecule has 0 fully saturated rings. The largest absolute Gasteiger partial charge is 0.465 e. The molecule has 0 radical (unpaired) electrons. The average molecular weight is 223 g/mol. The summed E-state index contributed by atoms with van der Waals surface area (Å²) in [4.78, 5) is 22.3. The lowest BCUT2D eigenvalue weighted by molar-refractivity contribution is 0.0598. The average Bonchev–Trinajstić information content (AvgIpc) is 2.71. The van der Waals surface area contributed by atoms with E-state index >= 15 is 0 Å². The van der Waals surface area contributed by atoms with Crippen molar-refractivity contribution in [1.29, 1.82) is 0 Å². The van der Waals surface area contributed by atoms with E-state index in [0.29, 0.717) is 17.5 Å². The Morgan fingerprint density at radius 3 is 2.81 bits per heavy atom. The van der Waals surface area contributed by atoms with Gasteiger partial charge in [-0.1, -0.05) is 19.8 Å². The summed E-state index contributed by atoms with van der Waals surface area (Å²) < 4.78 is 6.41. The summed E-state index contributed by atoms with van der Waals surface area (Å²) in [5.41, 5.74) is 0.747. The van der Waals surface area contributed by atoms with Crippen molar-refractivity contribution >= 4 is 12.3 Å². The SMILES string of the molecule is CCCCCn1ccc(C(=O)OC)c1C=O. The van der Waals surface area contributed by atoms with Crippen molar-refractivity contribution in [2.45, 2.75) is 32.7 Å². The van der Waals surface area contributed by atoms with Gasteiger partial charge in [0, 0.05) is 12.7 Å². The van der Waals surface area contributed by atoms with E-state index in [1.54, 1.807) is 16.8 Å². The Kier molecular flexibility index (Phi) is 4.76. The molecular weight excluding hydrogens is 206 g/mol. The van der Waals surface area contributed by atoms with E-state index < -0.39 is 5.97 Å². The number of aldehydes is 1. The van der Waals surface area contributed by atoms with Crippen LogP contribution in [0.2, 0.25) is 0 Å². The van der Waals surface area contributed by atoms with Gasteiger partial charge in [-0.15, -0.1) is 0 Å². The highest BCUT2D eigenvalue weighted by Gasteiger charge is 2.15. The number of aryl methyl sites for hydroxylation is 1. The van der Waals surface area contributed by atoms with E-state index in [2.05, 4.69) is 11.7 Å². The van der Waals surface area contributed by atoms with Crippen molar-refractivity contribution in [3.8, 4) is 0 Å². The van der Waals surface area contributed by atoms with Gasteiger partial charge in [-0.2, -0.15) is 0 Å². The molecule has 1 aromatic rings. The Morgan fingerprint density at radius 2 is 2.25 bits per heavy atom. The molecule has 1 heterocycles. The molecule has 0 amide bonds. The van der Waals surface area contributed by atoms with Crippen molar-refractivity contribution < 1.29 is 14.3 Å². The van der Waals surface area contributed by atoms with Crippen LogP contribution in [0.3, 0.4) is 0 Å². The molecule has 0 aliphatic rings. The first-order valence-electron chi connectivity index (χ1n) is 5.47. The molecule has 4 heteroatoms. The lowest BCUT2D eigenvalue weighted by atomic mass is 10.2. The highest BCUT2D eigenvalue weighted by Crippen LogP contribution is 2.12. The summed E-state index contributed by atoms with van der Waals surface area (Å²) in [6.07, 6.45) is 5.71. The maximum absolute atomic E-state index is 11.3. The van der Waals surface area contributed by atoms with Crippen molar-refractivity contribution in [1.82, 2.24) is 4.57 Å². The van der Waals surface area contributed by atoms with E-state index in [9.17, 15) is 9.59 Å². The molecule has 0 N–H and O–H groups in total. The number of carbonyl (C=O) groups is 2. The first kappa shape index (κ1) is 12.5. The smallest absolute Gasteiger partial charge is 0.340 e. The van der Waals surface area contributed by atoms with Gasteiger partial charge in [0.25, 0.3) is 0 Å². The van der Waals surface area contributed by atoms with Crippen molar-refractivity contribution in [2.75, 3.05) is 7.11 Å². The normalized spacial score (nSPS) is 10.1. The molecular formula is C12H17NO3. The fourth-order valence-corrected chi connectivity index (χ4v) is 1.63. The summed E-state index contributed by atoms with van der Waals surface area (Å²) in [6, 6.07) is 1.63. The van der Waals surface area contributed by atoms with Gasteiger partial charge >= 0.3 is 5.97 Å². The number of carbonyl (C=O) groups excluding carboxylic acids is 2. The Balaban J connectivity index is 2.82. The molecule has 0 spiro atoms. The van der Waals surface area contributed by atoms with Crippen LogP contribution < -0.4 is 0 Å². The number of hydrogen-bond donors (Lipinski definition) is 0. The van der Waals surface area contributed by atoms with Crippen LogP contribution in [-0.2, 0) is 11.3 Å². The van der Waals surface area contributed by atoms with E-state index in [-0.39, 0.29) is 0 Å². The third kappa shape index (κ3) is 2.72. The highest BCUT2D eigenvalue weighted by atomic mass is 16.5. The summed E-state index contributed by atoms with van der Waals surface area (Å²) in [5.74, 6) is -0.462. The molecule has 88 valence electrons. The standard InChI is InChI=1S/C12H17NO3/c1-3-4-5-7-13-8-6-10(11(13)9-14)12(15)16-2/h6,8-9H,3-5,7H2,1-2H3. The predicted octanol–water partition coefficient (Wildman–Crippen LogP) is 2.28. The second kappa shape index (κ2) is 6.10. The zero-order chi connectivity index (χ0) is 12.0. The molecule has 0 aromatic carbocycles. The van der Waals surface area contributed by atoms with Gasteiger partial charge in [-0.25, -0.2) is 4.79 Å². The molecule has 0 aliphatic carbocycles. The number of esters is 1. The zero-order valence-corrected chi connectivity index (χ0v) is 9.73. The maximum Gasteiger partial charge on any atom is 0.340 e. The Morgan fingerprint density at radius 1 is 1.50 bits per heavy atom. The van der Waals surface area contributed by atoms with Gasteiger partial charge in [-0.3, -0.25) is 4.79 Å². The quantitative estimate of drug-likeness (QED) is 0.422. The van der Waals surface area contributed by atoms with Crippen molar-refractivity contribution in [3.05, 3.63) is 23.5 Å². The van der Waals surface area contributed by atoms with E-state index in [1.165, 1.54) is 7.11 Å². The lowest BCUT2D eigenvalue weighted by Gasteiger charge is -2.05. The fourth-order valence-electron chi connectivity index (χ4n) is 1.63. The van der Waals surface area contributed by atoms with Crippen LogP contribution in [0, 0.1) is 0 Å². The molecule has 0 atom stereocenters. The van der Waals surface area contributed by atoms with Gasteiger partial charge in [0.05, 0.1) is 18.4 Å². The Hall–Kier alpha value is -1.58. The number of unbranched alkanes of at least 4 members (excludes halogenated alkanes) is 2. The van der Waals surface area contributed by atoms with E-state index in [1.807, 2.05) is 0 Å². The van der Waals surface area contributed by atoms with Crippen molar-refractivity contribution in [2.24, 2.45) is 0 Å². The number of aromatic nitrogens is 1. The Bertz CT molecular complexity index is 368. The van der Waals surface area contributed by atoms with Gasteiger partial charge in [0.1, 0.15) is 0 Å². The summed E-state index contributed by atoms with van der Waals surface area (Å²) in [7, 11) is 1.31. The van der Waals surface area contributed by atoms with Gasteiger partial charge in [0.15, 0.2) is 6.29 Å². The second-order valence-electron chi connectivity index (χ2n) is 3.62. The minimum Gasteiger partial charge on any atom is -0.465 e. The number of rotatable bonds is 6. The maximum atomic E-state index is 11.3. The molecule has 1 aromatic heterocycles. The molecule has 0 saturated carbocycles. The van der Waals surface area contributed by atoms with E-state index in [4.69, 9.17) is 0 Å². The summed E-state index contributed by atoms with van der Waals surface area (Å²) in [5, 5.41) is 0. The molecule has 0 saturated heterocycles. The summed E-state index contributed by atoms with van der Waals surface area (Å²) in [6.45, 7) is 2.88. The molecule has 16 heavy (non-hydrogen) atoms. The van der Waals surface area contributed by atoms with Crippen LogP contribution in [0.15, 0.2) is 12.3 Å². The fraction of sp³-hybridized carbons (Fsp3) is 0.500. The third-order valence-electron chi connectivity index (χ3n) is 2.53. The second-order valence-corrected chi connectivity index (χ2v) is 3.62. The minimum absolute atomic E-state index is 0.342. The third-order valence-corrected chi connectivity index (χ3v) is 2.53. The van der Waals surface area contributed by atoms with Crippen LogP contribution in [0.4, 0.5) is 0 Å². The van der Waals surface area contributed by atoms with Crippen LogP contribution in [0.25, 0.3) is 0 Å². The lowest BCUT2D eigenvalue weighted by Crippen LogP contribution is -2.08. The molecule has 4 nitrogen and oxygen atoms in total. The van der Waals surface area contributed by atoms with E-state index in [0.717, 1.165) is 25.8 Å².